The lowest BCUT2D eigenvalue weighted by atomic mass is 9.70. The molecule has 30 heavy (non-hydrogen) atoms. The minimum atomic E-state index is -0.883. The molecular formula is C24H23FN2O3. The van der Waals surface area contributed by atoms with E-state index in [1.807, 2.05) is 0 Å². The molecule has 6 heteroatoms. The largest absolute Gasteiger partial charge is 0.483 e. The second kappa shape index (κ2) is 7.04. The minimum absolute atomic E-state index is 0.0573. The van der Waals surface area contributed by atoms with Crippen molar-refractivity contribution in [3.63, 3.8) is 0 Å². The maximum absolute atomic E-state index is 14.9. The Morgan fingerprint density at radius 3 is 2.50 bits per heavy atom. The maximum atomic E-state index is 14.9. The summed E-state index contributed by atoms with van der Waals surface area (Å²) in [7, 11) is 0. The fourth-order valence-corrected chi connectivity index (χ4v) is 4.98. The molecular weight excluding hydrogens is 383 g/mol. The highest BCUT2D eigenvalue weighted by Gasteiger charge is 2.54. The van der Waals surface area contributed by atoms with E-state index < -0.39 is 17.8 Å². The number of hydrogen-bond acceptors (Lipinski definition) is 4. The predicted molar refractivity (Wildman–Crippen MR) is 109 cm³/mol. The van der Waals surface area contributed by atoms with Gasteiger partial charge in [0.25, 0.3) is 5.91 Å². The molecule has 1 amide bonds. The molecule has 3 aliphatic rings. The second-order valence-electron chi connectivity index (χ2n) is 8.58. The summed E-state index contributed by atoms with van der Waals surface area (Å²) in [5.41, 5.74) is 0.535. The van der Waals surface area contributed by atoms with Gasteiger partial charge in [0.1, 0.15) is 17.7 Å². The molecule has 1 aromatic carbocycles. The van der Waals surface area contributed by atoms with E-state index in [1.165, 1.54) is 11.0 Å². The summed E-state index contributed by atoms with van der Waals surface area (Å²) in [6.45, 7) is 4.30. The first kappa shape index (κ1) is 19.0. The van der Waals surface area contributed by atoms with Crippen molar-refractivity contribution >= 4 is 17.5 Å². The van der Waals surface area contributed by atoms with Crippen molar-refractivity contribution < 1.29 is 18.7 Å². The van der Waals surface area contributed by atoms with Crippen LogP contribution in [0.1, 0.15) is 38.3 Å². The van der Waals surface area contributed by atoms with E-state index in [0.29, 0.717) is 24.1 Å². The van der Waals surface area contributed by atoms with Crippen LogP contribution in [0.15, 0.2) is 60.0 Å². The van der Waals surface area contributed by atoms with Crippen molar-refractivity contribution in [2.24, 2.45) is 17.8 Å². The molecule has 0 N–H and O–H groups in total. The predicted octanol–water partition coefficient (Wildman–Crippen LogP) is 4.21. The summed E-state index contributed by atoms with van der Waals surface area (Å²) >= 11 is 0. The zero-order valence-electron chi connectivity index (χ0n) is 16.9. The van der Waals surface area contributed by atoms with Gasteiger partial charge in [-0.15, -0.1) is 0 Å². The summed E-state index contributed by atoms with van der Waals surface area (Å²) in [5.74, 6) is -0.0849. The monoisotopic (exact) mass is 406 g/mol. The zero-order chi connectivity index (χ0) is 21.0. The second-order valence-corrected chi connectivity index (χ2v) is 8.58. The summed E-state index contributed by atoms with van der Waals surface area (Å²) in [6, 6.07) is 10.6. The van der Waals surface area contributed by atoms with Gasteiger partial charge in [0, 0.05) is 11.8 Å². The van der Waals surface area contributed by atoms with Gasteiger partial charge in [-0.05, 0) is 42.9 Å². The SMILES string of the molecule is CC1CC2OC3=C(C(=O)C2CC1C)C(c1ccccc1F)N(c1ccccn1)C3=O. The van der Waals surface area contributed by atoms with Crippen molar-refractivity contribution in [1.29, 1.82) is 0 Å². The molecule has 1 aromatic heterocycles. The van der Waals surface area contributed by atoms with Crippen molar-refractivity contribution in [1.82, 2.24) is 4.98 Å². The lowest BCUT2D eigenvalue weighted by Crippen LogP contribution is -2.43. The Kier molecular flexibility index (Phi) is 4.45. The van der Waals surface area contributed by atoms with E-state index in [9.17, 15) is 14.0 Å². The molecule has 1 saturated carbocycles. The van der Waals surface area contributed by atoms with Gasteiger partial charge < -0.3 is 4.74 Å². The zero-order valence-corrected chi connectivity index (χ0v) is 16.9. The van der Waals surface area contributed by atoms with Crippen LogP contribution in [0.2, 0.25) is 0 Å². The number of aromatic nitrogens is 1. The number of rotatable bonds is 2. The molecule has 1 aliphatic carbocycles. The topological polar surface area (TPSA) is 59.5 Å². The smallest absolute Gasteiger partial charge is 0.295 e. The fourth-order valence-electron chi connectivity index (χ4n) is 4.98. The molecule has 2 aromatic rings. The van der Waals surface area contributed by atoms with Crippen molar-refractivity contribution in [2.75, 3.05) is 4.90 Å². The van der Waals surface area contributed by atoms with E-state index in [1.54, 1.807) is 42.6 Å². The summed E-state index contributed by atoms with van der Waals surface area (Å²) in [6.07, 6.45) is 2.71. The third-order valence-electron chi connectivity index (χ3n) is 6.81. The third-order valence-corrected chi connectivity index (χ3v) is 6.81. The average Bonchev–Trinajstić information content (AvgIpc) is 3.03. The average molecular weight is 406 g/mol. The number of nitrogens with zero attached hydrogens (tertiary/aromatic N) is 2. The van der Waals surface area contributed by atoms with Crippen LogP contribution >= 0.6 is 0 Å². The highest BCUT2D eigenvalue weighted by Crippen LogP contribution is 2.49. The molecule has 0 bridgehead atoms. The molecule has 0 spiro atoms. The van der Waals surface area contributed by atoms with Crippen LogP contribution in [-0.2, 0) is 14.3 Å². The Hall–Kier alpha value is -3.02. The number of carbonyl (C=O) groups is 2. The van der Waals surface area contributed by atoms with Gasteiger partial charge in [0.2, 0.25) is 0 Å². The standard InChI is InChI=1S/C24H23FN2O3/c1-13-11-16-18(12-14(13)2)30-23-20(22(16)28)21(15-7-3-4-8-17(15)25)27(24(23)29)19-9-5-6-10-26-19/h3-10,13-14,16,18,21H,11-12H2,1-2H3. The Morgan fingerprint density at radius 2 is 1.77 bits per heavy atom. The van der Waals surface area contributed by atoms with Crippen LogP contribution in [0, 0.1) is 23.6 Å². The van der Waals surface area contributed by atoms with E-state index in [-0.39, 0.29) is 34.7 Å². The molecule has 5 nitrogen and oxygen atoms in total. The van der Waals surface area contributed by atoms with Gasteiger partial charge in [0.05, 0.1) is 17.5 Å². The molecule has 2 aliphatic heterocycles. The number of anilines is 1. The Bertz CT molecular complexity index is 1050. The number of Topliss-reactive ketones (excluding diaryl/α,β-unsaturated/α-hetero) is 1. The van der Waals surface area contributed by atoms with Crippen LogP contribution in [0.3, 0.4) is 0 Å². The summed E-state index contributed by atoms with van der Waals surface area (Å²) < 4.78 is 21.0. The first-order chi connectivity index (χ1) is 14.5. The van der Waals surface area contributed by atoms with E-state index in [0.717, 1.165) is 6.42 Å². The highest BCUT2D eigenvalue weighted by atomic mass is 19.1. The van der Waals surface area contributed by atoms with Gasteiger partial charge in [-0.1, -0.05) is 38.1 Å². The van der Waals surface area contributed by atoms with Crippen molar-refractivity contribution in [2.45, 2.75) is 38.8 Å². The number of ether oxygens (including phenoxy) is 1. The van der Waals surface area contributed by atoms with E-state index in [4.69, 9.17) is 4.74 Å². The number of hydrogen-bond donors (Lipinski definition) is 0. The first-order valence-electron chi connectivity index (χ1n) is 10.4. The Balaban J connectivity index is 1.66. The van der Waals surface area contributed by atoms with Crippen molar-refractivity contribution in [3.8, 4) is 0 Å². The van der Waals surface area contributed by atoms with Crippen LogP contribution < -0.4 is 4.90 Å². The molecule has 3 heterocycles. The number of halogens is 1. The molecule has 154 valence electrons. The number of ketones is 1. The Morgan fingerprint density at radius 1 is 1.03 bits per heavy atom. The molecule has 1 fully saturated rings. The van der Waals surface area contributed by atoms with Crippen LogP contribution in [0.25, 0.3) is 0 Å². The van der Waals surface area contributed by atoms with Gasteiger partial charge in [0.15, 0.2) is 11.5 Å². The highest BCUT2D eigenvalue weighted by molar-refractivity contribution is 6.17. The van der Waals surface area contributed by atoms with Crippen molar-refractivity contribution in [3.05, 3.63) is 71.4 Å². The van der Waals surface area contributed by atoms with E-state index in [2.05, 4.69) is 18.8 Å². The number of pyridine rings is 1. The van der Waals surface area contributed by atoms with Crippen LogP contribution in [-0.4, -0.2) is 22.8 Å². The van der Waals surface area contributed by atoms with Gasteiger partial charge in [-0.3, -0.25) is 14.5 Å². The lowest BCUT2D eigenvalue weighted by Gasteiger charge is -2.40. The molecule has 0 radical (unpaired) electrons. The minimum Gasteiger partial charge on any atom is -0.483 e. The summed E-state index contributed by atoms with van der Waals surface area (Å²) in [4.78, 5) is 32.8. The molecule has 5 atom stereocenters. The lowest BCUT2D eigenvalue weighted by molar-refractivity contribution is -0.134. The third kappa shape index (κ3) is 2.77. The first-order valence-corrected chi connectivity index (χ1v) is 10.4. The van der Waals surface area contributed by atoms with Crippen LogP contribution in [0.4, 0.5) is 10.2 Å². The van der Waals surface area contributed by atoms with Gasteiger partial charge >= 0.3 is 0 Å². The number of benzene rings is 1. The van der Waals surface area contributed by atoms with Gasteiger partial charge in [-0.25, -0.2) is 9.37 Å². The van der Waals surface area contributed by atoms with Gasteiger partial charge in [-0.2, -0.15) is 0 Å². The summed E-state index contributed by atoms with van der Waals surface area (Å²) in [5, 5.41) is 0. The maximum Gasteiger partial charge on any atom is 0.295 e. The quantitative estimate of drug-likeness (QED) is 0.750. The van der Waals surface area contributed by atoms with E-state index >= 15 is 0 Å². The van der Waals surface area contributed by atoms with Crippen LogP contribution in [0.5, 0.6) is 0 Å². The molecule has 5 rings (SSSR count). The molecule has 0 saturated heterocycles. The number of carbonyl (C=O) groups excluding carboxylic acids is 2. The number of fused-ring (bicyclic) bond motifs is 1. The number of amides is 1. The normalized spacial score (nSPS) is 30.8. The molecule has 5 unspecified atom stereocenters. The Labute approximate surface area is 174 Å². The fraction of sp³-hybridized carbons (Fsp3) is 0.375.